The lowest BCUT2D eigenvalue weighted by atomic mass is 9.84. The summed E-state index contributed by atoms with van der Waals surface area (Å²) in [7, 11) is 0. The molecule has 3 nitrogen and oxygen atoms in total. The molecule has 1 atom stereocenters. The zero-order valence-corrected chi connectivity index (χ0v) is 16.6. The van der Waals surface area contributed by atoms with Crippen molar-refractivity contribution in [3.63, 3.8) is 0 Å². The second-order valence-electron chi connectivity index (χ2n) is 9.34. The van der Waals surface area contributed by atoms with Crippen molar-refractivity contribution >= 4 is 6.09 Å². The normalized spacial score (nSPS) is 16.2. The number of carboxylic acid groups (broad SMARTS) is 1. The van der Waals surface area contributed by atoms with Crippen LogP contribution in [0.4, 0.5) is 4.79 Å². The number of fused-ring (bicyclic) bond motifs is 3. The molecule has 0 aromatic heterocycles. The van der Waals surface area contributed by atoms with E-state index < -0.39 is 6.09 Å². The van der Waals surface area contributed by atoms with E-state index in [9.17, 15) is 4.79 Å². The Labute approximate surface area is 156 Å². The minimum Gasteiger partial charge on any atom is -0.465 e. The van der Waals surface area contributed by atoms with Gasteiger partial charge in [0.05, 0.1) is 0 Å². The third-order valence-corrected chi connectivity index (χ3v) is 5.34. The minimum atomic E-state index is -0.974. The molecule has 0 saturated heterocycles. The van der Waals surface area contributed by atoms with Gasteiger partial charge >= 0.3 is 6.09 Å². The molecule has 1 amide bonds. The number of hydrogen-bond acceptors (Lipinski definition) is 1. The van der Waals surface area contributed by atoms with Crippen LogP contribution >= 0.6 is 0 Å². The summed E-state index contributed by atoms with van der Waals surface area (Å²) in [5, 5.41) is 11.7. The predicted molar refractivity (Wildman–Crippen MR) is 107 cm³/mol. The average Bonchev–Trinajstić information content (AvgIpc) is 2.83. The number of benzene rings is 2. The molecule has 1 aliphatic carbocycles. The summed E-state index contributed by atoms with van der Waals surface area (Å²) in [4.78, 5) is 11.1. The monoisotopic (exact) mass is 351 g/mol. The van der Waals surface area contributed by atoms with E-state index in [1.165, 1.54) is 33.4 Å². The average molecular weight is 351 g/mol. The Balaban J connectivity index is 2.15. The Bertz CT molecular complexity index is 853. The van der Waals surface area contributed by atoms with Crippen LogP contribution in [0.25, 0.3) is 11.1 Å². The molecule has 26 heavy (non-hydrogen) atoms. The van der Waals surface area contributed by atoms with E-state index in [2.05, 4.69) is 83.3 Å². The fourth-order valence-electron chi connectivity index (χ4n) is 3.70. The molecule has 138 valence electrons. The first-order valence-corrected chi connectivity index (χ1v) is 9.24. The molecule has 3 heteroatoms. The molecule has 0 heterocycles. The molecule has 3 rings (SSSR count). The summed E-state index contributed by atoms with van der Waals surface area (Å²) < 4.78 is 0. The lowest BCUT2D eigenvalue weighted by Gasteiger charge is -2.21. The number of rotatable bonds is 2. The molecule has 0 aliphatic heterocycles. The van der Waals surface area contributed by atoms with Gasteiger partial charge in [0.2, 0.25) is 0 Å². The lowest BCUT2D eigenvalue weighted by molar-refractivity contribution is 0.194. The van der Waals surface area contributed by atoms with E-state index in [1.807, 2.05) is 0 Å². The van der Waals surface area contributed by atoms with Crippen LogP contribution < -0.4 is 5.32 Å². The van der Waals surface area contributed by atoms with Crippen molar-refractivity contribution < 1.29 is 9.90 Å². The summed E-state index contributed by atoms with van der Waals surface area (Å²) in [5.41, 5.74) is 7.64. The summed E-state index contributed by atoms with van der Waals surface area (Å²) in [6.07, 6.45) is -0.974. The van der Waals surface area contributed by atoms with Gasteiger partial charge in [0.15, 0.2) is 0 Å². The maximum Gasteiger partial charge on any atom is 0.404 e. The van der Waals surface area contributed by atoms with Crippen molar-refractivity contribution in [1.82, 2.24) is 5.32 Å². The second-order valence-corrected chi connectivity index (χ2v) is 9.34. The Kier molecular flexibility index (Phi) is 4.38. The van der Waals surface area contributed by atoms with E-state index in [-0.39, 0.29) is 16.7 Å². The molecular formula is C23H29NO2. The molecule has 2 aromatic carbocycles. The predicted octanol–water partition coefficient (Wildman–Crippen LogP) is 5.66. The summed E-state index contributed by atoms with van der Waals surface area (Å²) in [6.45, 7) is 13.7. The van der Waals surface area contributed by atoms with Gasteiger partial charge in [-0.1, -0.05) is 77.9 Å². The van der Waals surface area contributed by atoms with E-state index in [0.29, 0.717) is 6.54 Å². The smallest absolute Gasteiger partial charge is 0.404 e. The molecule has 1 aliphatic rings. The highest BCUT2D eigenvalue weighted by molar-refractivity contribution is 5.80. The van der Waals surface area contributed by atoms with Crippen LogP contribution in [0.5, 0.6) is 0 Å². The Hall–Kier alpha value is -2.29. The lowest BCUT2D eigenvalue weighted by Crippen LogP contribution is -2.26. The standard InChI is InChI=1S/C23H29NO2/c1-22(2,3)14-8-10-17-18(11-14)16-9-7-15(23(4,5)6)12-19(16)20(17)13-24-21(25)26/h7-12,20,24H,13H2,1-6H3,(H,25,26). The van der Waals surface area contributed by atoms with Crippen LogP contribution in [0.15, 0.2) is 36.4 Å². The van der Waals surface area contributed by atoms with Crippen molar-refractivity contribution in [2.75, 3.05) is 6.54 Å². The maximum atomic E-state index is 11.1. The van der Waals surface area contributed by atoms with Gasteiger partial charge in [-0.05, 0) is 44.2 Å². The summed E-state index contributed by atoms with van der Waals surface area (Å²) >= 11 is 0. The van der Waals surface area contributed by atoms with E-state index in [1.54, 1.807) is 0 Å². The Morgan fingerprint density at radius 3 is 2.04 bits per heavy atom. The van der Waals surface area contributed by atoms with Gasteiger partial charge in [0, 0.05) is 12.5 Å². The fourth-order valence-corrected chi connectivity index (χ4v) is 3.70. The van der Waals surface area contributed by atoms with Crippen LogP contribution in [-0.2, 0) is 10.8 Å². The van der Waals surface area contributed by atoms with Gasteiger partial charge in [-0.2, -0.15) is 0 Å². The van der Waals surface area contributed by atoms with Gasteiger partial charge in [-0.3, -0.25) is 0 Å². The molecule has 0 bridgehead atoms. The number of hydrogen-bond donors (Lipinski definition) is 2. The largest absolute Gasteiger partial charge is 0.465 e. The number of nitrogens with one attached hydrogen (secondary N) is 1. The first-order valence-electron chi connectivity index (χ1n) is 9.24. The maximum absolute atomic E-state index is 11.1. The van der Waals surface area contributed by atoms with Crippen LogP contribution in [0.2, 0.25) is 0 Å². The summed E-state index contributed by atoms with van der Waals surface area (Å²) in [6, 6.07) is 13.3. The van der Waals surface area contributed by atoms with Crippen molar-refractivity contribution in [1.29, 1.82) is 0 Å². The first-order chi connectivity index (χ1) is 12.0. The van der Waals surface area contributed by atoms with E-state index >= 15 is 0 Å². The molecule has 0 spiro atoms. The van der Waals surface area contributed by atoms with Crippen molar-refractivity contribution in [2.24, 2.45) is 0 Å². The van der Waals surface area contributed by atoms with E-state index in [0.717, 1.165) is 0 Å². The molecule has 1 unspecified atom stereocenters. The zero-order valence-electron chi connectivity index (χ0n) is 16.6. The highest BCUT2D eigenvalue weighted by Gasteiger charge is 2.31. The van der Waals surface area contributed by atoms with Gasteiger partial charge in [0.25, 0.3) is 0 Å². The van der Waals surface area contributed by atoms with Crippen molar-refractivity contribution in [3.8, 4) is 11.1 Å². The highest BCUT2D eigenvalue weighted by atomic mass is 16.4. The first kappa shape index (κ1) is 18.5. The third kappa shape index (κ3) is 3.35. The van der Waals surface area contributed by atoms with Crippen molar-refractivity contribution in [2.45, 2.75) is 58.3 Å². The molecule has 2 N–H and O–H groups in total. The van der Waals surface area contributed by atoms with Gasteiger partial charge in [-0.25, -0.2) is 4.79 Å². The Morgan fingerprint density at radius 1 is 0.885 bits per heavy atom. The Morgan fingerprint density at radius 2 is 1.46 bits per heavy atom. The highest BCUT2D eigenvalue weighted by Crippen LogP contribution is 2.47. The minimum absolute atomic E-state index is 0.0607. The SMILES string of the molecule is CC(C)(C)c1ccc2c(c1)-c1ccc(C(C)(C)C)cc1C2CNC(=O)O. The van der Waals surface area contributed by atoms with E-state index in [4.69, 9.17) is 5.11 Å². The van der Waals surface area contributed by atoms with Crippen LogP contribution in [0, 0.1) is 0 Å². The fraction of sp³-hybridized carbons (Fsp3) is 0.435. The van der Waals surface area contributed by atoms with Gasteiger partial charge in [-0.15, -0.1) is 0 Å². The van der Waals surface area contributed by atoms with Crippen LogP contribution in [0.3, 0.4) is 0 Å². The van der Waals surface area contributed by atoms with Crippen molar-refractivity contribution in [3.05, 3.63) is 58.7 Å². The topological polar surface area (TPSA) is 49.3 Å². The number of carbonyl (C=O) groups is 1. The second kappa shape index (κ2) is 6.15. The van der Waals surface area contributed by atoms with Crippen LogP contribution in [-0.4, -0.2) is 17.7 Å². The van der Waals surface area contributed by atoms with Gasteiger partial charge in [0.1, 0.15) is 0 Å². The third-order valence-electron chi connectivity index (χ3n) is 5.34. The quantitative estimate of drug-likeness (QED) is 0.733. The molecular weight excluding hydrogens is 322 g/mol. The molecule has 0 fully saturated rings. The van der Waals surface area contributed by atoms with Gasteiger partial charge < -0.3 is 10.4 Å². The molecule has 2 aromatic rings. The zero-order chi connectivity index (χ0) is 19.3. The van der Waals surface area contributed by atoms with Crippen LogP contribution in [0.1, 0.15) is 69.7 Å². The number of amides is 1. The molecule has 0 saturated carbocycles. The summed E-state index contributed by atoms with van der Waals surface area (Å²) in [5.74, 6) is 0.0624. The molecule has 0 radical (unpaired) electrons.